The summed E-state index contributed by atoms with van der Waals surface area (Å²) in [6.07, 6.45) is -0.432. The van der Waals surface area contributed by atoms with Crippen LogP contribution in [0, 0.1) is 0 Å². The molecule has 0 aromatic heterocycles. The van der Waals surface area contributed by atoms with Gasteiger partial charge in [0.1, 0.15) is 6.10 Å². The Bertz CT molecular complexity index is 808. The van der Waals surface area contributed by atoms with Crippen LogP contribution in [-0.2, 0) is 4.74 Å². The van der Waals surface area contributed by atoms with Gasteiger partial charge in [-0.3, -0.25) is 4.79 Å². The van der Waals surface area contributed by atoms with E-state index in [1.807, 2.05) is 72.8 Å². The third-order valence-electron chi connectivity index (χ3n) is 3.91. The Morgan fingerprint density at radius 3 is 2.33 bits per heavy atom. The van der Waals surface area contributed by atoms with E-state index in [4.69, 9.17) is 4.74 Å². The van der Waals surface area contributed by atoms with Crippen LogP contribution in [-0.4, -0.2) is 11.9 Å². The number of ketones is 1. The summed E-state index contributed by atoms with van der Waals surface area (Å²) < 4.78 is 5.58. The summed E-state index contributed by atoms with van der Waals surface area (Å²) in [5.41, 5.74) is 1.79. The van der Waals surface area contributed by atoms with Gasteiger partial charge >= 0.3 is 0 Å². The van der Waals surface area contributed by atoms with E-state index in [0.717, 1.165) is 21.9 Å². The Labute approximate surface area is 123 Å². The van der Waals surface area contributed by atoms with Crippen LogP contribution in [0.3, 0.4) is 0 Å². The molecule has 1 heterocycles. The van der Waals surface area contributed by atoms with Gasteiger partial charge in [0.15, 0.2) is 11.9 Å². The molecule has 21 heavy (non-hydrogen) atoms. The van der Waals surface area contributed by atoms with Gasteiger partial charge in [0.05, 0.1) is 0 Å². The van der Waals surface area contributed by atoms with Crippen LogP contribution in [0.15, 0.2) is 72.8 Å². The van der Waals surface area contributed by atoms with Crippen molar-refractivity contribution in [3.05, 3.63) is 83.9 Å². The number of Topliss-reactive ketones (excluding diaryl/α,β-unsaturated/α-hetero) is 1. The average Bonchev–Trinajstić information content (AvgIpc) is 3.35. The third-order valence-corrected chi connectivity index (χ3v) is 3.91. The van der Waals surface area contributed by atoms with Gasteiger partial charge in [0, 0.05) is 5.56 Å². The molecular weight excluding hydrogens is 260 g/mol. The average molecular weight is 274 g/mol. The van der Waals surface area contributed by atoms with E-state index >= 15 is 0 Å². The Kier molecular flexibility index (Phi) is 2.83. The van der Waals surface area contributed by atoms with Gasteiger partial charge in [-0.15, -0.1) is 0 Å². The van der Waals surface area contributed by atoms with Gasteiger partial charge in [-0.1, -0.05) is 66.7 Å². The summed E-state index contributed by atoms with van der Waals surface area (Å²) in [7, 11) is 0. The lowest BCUT2D eigenvalue weighted by atomic mass is 10.00. The number of fused-ring (bicyclic) bond motifs is 1. The molecule has 0 spiro atoms. The summed E-state index contributed by atoms with van der Waals surface area (Å²) in [5, 5.41) is 2.23. The zero-order valence-corrected chi connectivity index (χ0v) is 11.4. The molecular formula is C19H14O2. The monoisotopic (exact) mass is 274 g/mol. The standard InChI is InChI=1S/C19H14O2/c20-17(19-18(21-19)14-7-2-1-3-8-14)16-11-10-13-6-4-5-9-15(13)12-16/h1-12,18-19H/t18-,19+/m1/s1. The minimum atomic E-state index is -0.339. The zero-order valence-electron chi connectivity index (χ0n) is 11.4. The van der Waals surface area contributed by atoms with Crippen molar-refractivity contribution >= 4 is 16.6 Å². The van der Waals surface area contributed by atoms with Gasteiger partial charge < -0.3 is 4.74 Å². The minimum absolute atomic E-state index is 0.0645. The molecule has 4 rings (SSSR count). The van der Waals surface area contributed by atoms with Crippen LogP contribution in [0.4, 0.5) is 0 Å². The highest BCUT2D eigenvalue weighted by atomic mass is 16.6. The lowest BCUT2D eigenvalue weighted by molar-refractivity contribution is 0.0954. The molecule has 1 aliphatic rings. The second kappa shape index (κ2) is 4.83. The predicted molar refractivity (Wildman–Crippen MR) is 82.3 cm³/mol. The molecule has 1 saturated heterocycles. The molecule has 1 aliphatic heterocycles. The second-order valence-corrected chi connectivity index (χ2v) is 5.31. The molecule has 0 amide bonds. The number of hydrogen-bond acceptors (Lipinski definition) is 2. The van der Waals surface area contributed by atoms with Gasteiger partial charge in [-0.25, -0.2) is 0 Å². The second-order valence-electron chi connectivity index (χ2n) is 5.31. The number of benzene rings is 3. The van der Waals surface area contributed by atoms with Crippen molar-refractivity contribution in [1.29, 1.82) is 0 Å². The van der Waals surface area contributed by atoms with Crippen molar-refractivity contribution < 1.29 is 9.53 Å². The number of epoxide rings is 1. The minimum Gasteiger partial charge on any atom is -0.356 e. The van der Waals surface area contributed by atoms with Crippen LogP contribution < -0.4 is 0 Å². The first-order valence-corrected chi connectivity index (χ1v) is 7.06. The normalized spacial score (nSPS) is 20.4. The molecule has 102 valence electrons. The van der Waals surface area contributed by atoms with Crippen molar-refractivity contribution in [1.82, 2.24) is 0 Å². The molecule has 0 aliphatic carbocycles. The quantitative estimate of drug-likeness (QED) is 0.530. The van der Waals surface area contributed by atoms with Gasteiger partial charge in [0.25, 0.3) is 0 Å². The molecule has 2 atom stereocenters. The Morgan fingerprint density at radius 2 is 1.52 bits per heavy atom. The molecule has 2 nitrogen and oxygen atoms in total. The zero-order chi connectivity index (χ0) is 14.2. The fraction of sp³-hybridized carbons (Fsp3) is 0.105. The summed E-state index contributed by atoms with van der Waals surface area (Å²) in [4.78, 5) is 12.5. The fourth-order valence-electron chi connectivity index (χ4n) is 2.71. The molecule has 0 saturated carbocycles. The topological polar surface area (TPSA) is 29.6 Å². The lowest BCUT2D eigenvalue weighted by Crippen LogP contribution is -2.08. The van der Waals surface area contributed by atoms with Crippen LogP contribution >= 0.6 is 0 Å². The van der Waals surface area contributed by atoms with Gasteiger partial charge in [0.2, 0.25) is 0 Å². The van der Waals surface area contributed by atoms with Crippen molar-refractivity contribution in [2.75, 3.05) is 0 Å². The molecule has 0 radical (unpaired) electrons. The fourth-order valence-corrected chi connectivity index (χ4v) is 2.71. The summed E-state index contributed by atoms with van der Waals surface area (Å²) >= 11 is 0. The van der Waals surface area contributed by atoms with E-state index in [0.29, 0.717) is 0 Å². The highest BCUT2D eigenvalue weighted by Gasteiger charge is 2.46. The van der Waals surface area contributed by atoms with Gasteiger partial charge in [-0.2, -0.15) is 0 Å². The maximum absolute atomic E-state index is 12.5. The first kappa shape index (κ1) is 12.3. The van der Waals surface area contributed by atoms with Gasteiger partial charge in [-0.05, 0) is 22.4 Å². The van der Waals surface area contributed by atoms with Crippen LogP contribution in [0.1, 0.15) is 22.0 Å². The first-order chi connectivity index (χ1) is 10.3. The maximum atomic E-state index is 12.5. The third kappa shape index (κ3) is 2.24. The van der Waals surface area contributed by atoms with E-state index in [-0.39, 0.29) is 18.0 Å². The number of carbonyl (C=O) groups excluding carboxylic acids is 1. The maximum Gasteiger partial charge on any atom is 0.194 e. The van der Waals surface area contributed by atoms with Crippen molar-refractivity contribution in [2.45, 2.75) is 12.2 Å². The van der Waals surface area contributed by atoms with Crippen LogP contribution in [0.5, 0.6) is 0 Å². The molecule has 2 heteroatoms. The number of rotatable bonds is 3. The largest absolute Gasteiger partial charge is 0.356 e. The van der Waals surface area contributed by atoms with Crippen LogP contribution in [0.2, 0.25) is 0 Å². The molecule has 0 N–H and O–H groups in total. The number of hydrogen-bond donors (Lipinski definition) is 0. The summed E-state index contributed by atoms with van der Waals surface area (Å²) in [6.45, 7) is 0. The Morgan fingerprint density at radius 1 is 0.810 bits per heavy atom. The SMILES string of the molecule is O=C(c1ccc2ccccc2c1)[C@@H]1O[C@@H]1c1ccccc1. The van der Waals surface area contributed by atoms with Crippen molar-refractivity contribution in [3.63, 3.8) is 0 Å². The Hall–Kier alpha value is -2.45. The molecule has 3 aromatic rings. The molecule has 0 bridgehead atoms. The first-order valence-electron chi connectivity index (χ1n) is 7.06. The van der Waals surface area contributed by atoms with Crippen molar-refractivity contribution in [3.8, 4) is 0 Å². The van der Waals surface area contributed by atoms with E-state index < -0.39 is 0 Å². The van der Waals surface area contributed by atoms with E-state index in [1.165, 1.54) is 0 Å². The number of carbonyl (C=O) groups is 1. The van der Waals surface area contributed by atoms with Crippen molar-refractivity contribution in [2.24, 2.45) is 0 Å². The summed E-state index contributed by atoms with van der Waals surface area (Å²) in [6, 6.07) is 23.8. The predicted octanol–water partition coefficient (Wildman–Crippen LogP) is 4.16. The van der Waals surface area contributed by atoms with Crippen LogP contribution in [0.25, 0.3) is 10.8 Å². The smallest absolute Gasteiger partial charge is 0.194 e. The van der Waals surface area contributed by atoms with E-state index in [2.05, 4.69) is 0 Å². The van der Waals surface area contributed by atoms with E-state index in [9.17, 15) is 4.79 Å². The Balaban J connectivity index is 1.60. The number of ether oxygens (including phenoxy) is 1. The summed E-state index contributed by atoms with van der Waals surface area (Å²) in [5.74, 6) is 0.0645. The van der Waals surface area contributed by atoms with E-state index in [1.54, 1.807) is 0 Å². The molecule has 0 unspecified atom stereocenters. The molecule has 3 aromatic carbocycles. The molecule has 1 fully saturated rings. The highest BCUT2D eigenvalue weighted by Crippen LogP contribution is 2.40. The lowest BCUT2D eigenvalue weighted by Gasteiger charge is -2.01. The highest BCUT2D eigenvalue weighted by molar-refractivity contribution is 6.04.